The Labute approximate surface area is 97.8 Å². The van der Waals surface area contributed by atoms with Crippen LogP contribution in [-0.4, -0.2) is 0 Å². The third kappa shape index (κ3) is 7.88. The van der Waals surface area contributed by atoms with Gasteiger partial charge in [0.2, 0.25) is 0 Å². The van der Waals surface area contributed by atoms with Gasteiger partial charge in [0.05, 0.1) is 0 Å². The topological polar surface area (TPSA) is 0 Å². The van der Waals surface area contributed by atoms with Crippen LogP contribution in [0.1, 0.15) is 79.6 Å². The van der Waals surface area contributed by atoms with Gasteiger partial charge in [0, 0.05) is 0 Å². The van der Waals surface area contributed by atoms with E-state index in [1.807, 2.05) is 0 Å². The predicted molar refractivity (Wildman–Crippen MR) is 71.2 cm³/mol. The van der Waals surface area contributed by atoms with E-state index in [0.717, 1.165) is 17.8 Å². The standard InChI is InChI=1S/C15H32/c1-6-8-10-15(12-11-13(3)4)14(5)9-7-2/h13-15H,6-12H2,1-5H3. The highest BCUT2D eigenvalue weighted by Crippen LogP contribution is 2.28. The molecule has 0 N–H and O–H groups in total. The molecule has 92 valence electrons. The van der Waals surface area contributed by atoms with Crippen LogP contribution < -0.4 is 0 Å². The summed E-state index contributed by atoms with van der Waals surface area (Å²) in [7, 11) is 0. The van der Waals surface area contributed by atoms with Crippen LogP contribution in [-0.2, 0) is 0 Å². The van der Waals surface area contributed by atoms with Gasteiger partial charge in [-0.05, 0) is 24.2 Å². The smallest absolute Gasteiger partial charge is 0.0388 e. The van der Waals surface area contributed by atoms with E-state index in [2.05, 4.69) is 34.6 Å². The van der Waals surface area contributed by atoms with E-state index in [4.69, 9.17) is 0 Å². The maximum atomic E-state index is 2.46. The molecule has 0 nitrogen and oxygen atoms in total. The lowest BCUT2D eigenvalue weighted by Gasteiger charge is -2.24. The maximum Gasteiger partial charge on any atom is -0.0388 e. The van der Waals surface area contributed by atoms with E-state index in [1.165, 1.54) is 44.9 Å². The molecular weight excluding hydrogens is 180 g/mol. The average Bonchev–Trinajstić information content (AvgIpc) is 2.17. The molecule has 0 radical (unpaired) electrons. The second-order valence-electron chi connectivity index (χ2n) is 5.64. The molecule has 0 aromatic carbocycles. The van der Waals surface area contributed by atoms with Crippen LogP contribution in [0.3, 0.4) is 0 Å². The van der Waals surface area contributed by atoms with Crippen molar-refractivity contribution in [1.82, 2.24) is 0 Å². The molecule has 0 aromatic heterocycles. The summed E-state index contributed by atoms with van der Waals surface area (Å²) in [6, 6.07) is 0. The van der Waals surface area contributed by atoms with Gasteiger partial charge in [-0.15, -0.1) is 0 Å². The molecule has 0 amide bonds. The third-order valence-corrected chi connectivity index (χ3v) is 3.59. The molecule has 0 saturated carbocycles. The largest absolute Gasteiger partial charge is 0.0654 e. The van der Waals surface area contributed by atoms with Crippen LogP contribution in [0, 0.1) is 17.8 Å². The monoisotopic (exact) mass is 212 g/mol. The van der Waals surface area contributed by atoms with Gasteiger partial charge in [-0.3, -0.25) is 0 Å². The molecule has 0 bridgehead atoms. The molecule has 0 spiro atoms. The van der Waals surface area contributed by atoms with Gasteiger partial charge >= 0.3 is 0 Å². The normalized spacial score (nSPS) is 15.6. The molecule has 0 aliphatic carbocycles. The van der Waals surface area contributed by atoms with Gasteiger partial charge in [-0.2, -0.15) is 0 Å². The quantitative estimate of drug-likeness (QED) is 0.462. The van der Waals surface area contributed by atoms with Crippen LogP contribution in [0.25, 0.3) is 0 Å². The zero-order chi connectivity index (χ0) is 11.7. The molecule has 2 unspecified atom stereocenters. The van der Waals surface area contributed by atoms with Gasteiger partial charge < -0.3 is 0 Å². The highest BCUT2D eigenvalue weighted by atomic mass is 14.2. The Balaban J connectivity index is 3.92. The molecule has 0 saturated heterocycles. The Hall–Kier alpha value is 0. The number of hydrogen-bond donors (Lipinski definition) is 0. The zero-order valence-corrected chi connectivity index (χ0v) is 11.7. The van der Waals surface area contributed by atoms with E-state index >= 15 is 0 Å². The van der Waals surface area contributed by atoms with Crippen LogP contribution in [0.15, 0.2) is 0 Å². The van der Waals surface area contributed by atoms with Gasteiger partial charge in [0.1, 0.15) is 0 Å². The molecule has 0 fully saturated rings. The van der Waals surface area contributed by atoms with E-state index < -0.39 is 0 Å². The Morgan fingerprint density at radius 1 is 0.733 bits per heavy atom. The minimum Gasteiger partial charge on any atom is -0.0654 e. The van der Waals surface area contributed by atoms with Gasteiger partial charge in [-0.25, -0.2) is 0 Å². The van der Waals surface area contributed by atoms with Crippen LogP contribution in [0.5, 0.6) is 0 Å². The first-order chi connectivity index (χ1) is 7.11. The Kier molecular flexibility index (Phi) is 9.24. The fourth-order valence-electron chi connectivity index (χ4n) is 2.42. The highest BCUT2D eigenvalue weighted by Gasteiger charge is 2.16. The van der Waals surface area contributed by atoms with E-state index in [-0.39, 0.29) is 0 Å². The number of hydrogen-bond acceptors (Lipinski definition) is 0. The number of unbranched alkanes of at least 4 members (excludes halogenated alkanes) is 1. The molecular formula is C15H32. The molecule has 15 heavy (non-hydrogen) atoms. The van der Waals surface area contributed by atoms with E-state index in [0.29, 0.717) is 0 Å². The van der Waals surface area contributed by atoms with E-state index in [9.17, 15) is 0 Å². The van der Waals surface area contributed by atoms with Crippen molar-refractivity contribution in [2.45, 2.75) is 79.6 Å². The molecule has 0 rings (SSSR count). The predicted octanol–water partition coefficient (Wildman–Crippen LogP) is 5.67. The first-order valence-electron chi connectivity index (χ1n) is 7.11. The summed E-state index contributed by atoms with van der Waals surface area (Å²) < 4.78 is 0. The Bertz CT molecular complexity index is 126. The van der Waals surface area contributed by atoms with Crippen molar-refractivity contribution in [3.8, 4) is 0 Å². The number of rotatable bonds is 9. The average molecular weight is 212 g/mol. The lowest BCUT2D eigenvalue weighted by Crippen LogP contribution is -2.12. The Morgan fingerprint density at radius 2 is 1.40 bits per heavy atom. The highest BCUT2D eigenvalue weighted by molar-refractivity contribution is 4.67. The van der Waals surface area contributed by atoms with Gasteiger partial charge in [0.15, 0.2) is 0 Å². The van der Waals surface area contributed by atoms with Crippen molar-refractivity contribution in [2.24, 2.45) is 17.8 Å². The first-order valence-corrected chi connectivity index (χ1v) is 7.11. The molecule has 0 aliphatic rings. The molecule has 0 aliphatic heterocycles. The second-order valence-corrected chi connectivity index (χ2v) is 5.64. The summed E-state index contributed by atoms with van der Waals surface area (Å²) in [5.41, 5.74) is 0. The van der Waals surface area contributed by atoms with Crippen LogP contribution >= 0.6 is 0 Å². The maximum absolute atomic E-state index is 2.46. The van der Waals surface area contributed by atoms with Gasteiger partial charge in [0.25, 0.3) is 0 Å². The van der Waals surface area contributed by atoms with Crippen molar-refractivity contribution in [3.63, 3.8) is 0 Å². The molecule has 0 heterocycles. The van der Waals surface area contributed by atoms with E-state index in [1.54, 1.807) is 0 Å². The zero-order valence-electron chi connectivity index (χ0n) is 11.7. The van der Waals surface area contributed by atoms with Crippen molar-refractivity contribution in [1.29, 1.82) is 0 Å². The third-order valence-electron chi connectivity index (χ3n) is 3.59. The van der Waals surface area contributed by atoms with Crippen molar-refractivity contribution in [2.75, 3.05) is 0 Å². The molecule has 0 heteroatoms. The molecule has 2 atom stereocenters. The summed E-state index contributed by atoms with van der Waals surface area (Å²) in [4.78, 5) is 0. The lowest BCUT2D eigenvalue weighted by atomic mass is 9.82. The van der Waals surface area contributed by atoms with Crippen molar-refractivity contribution >= 4 is 0 Å². The first kappa shape index (κ1) is 15.0. The fraction of sp³-hybridized carbons (Fsp3) is 1.00. The van der Waals surface area contributed by atoms with Crippen LogP contribution in [0.4, 0.5) is 0 Å². The van der Waals surface area contributed by atoms with Crippen molar-refractivity contribution in [3.05, 3.63) is 0 Å². The summed E-state index contributed by atoms with van der Waals surface area (Å²) in [6.07, 6.45) is 9.90. The second kappa shape index (κ2) is 9.24. The lowest BCUT2D eigenvalue weighted by molar-refractivity contribution is 0.273. The molecule has 0 aromatic rings. The Morgan fingerprint density at radius 3 is 1.87 bits per heavy atom. The SMILES string of the molecule is CCCCC(CCC(C)C)C(C)CCC. The van der Waals surface area contributed by atoms with Crippen LogP contribution in [0.2, 0.25) is 0 Å². The van der Waals surface area contributed by atoms with Gasteiger partial charge in [-0.1, -0.05) is 73.1 Å². The summed E-state index contributed by atoms with van der Waals surface area (Å²) in [5, 5.41) is 0. The minimum absolute atomic E-state index is 0.878. The fourth-order valence-corrected chi connectivity index (χ4v) is 2.42. The summed E-state index contributed by atoms with van der Waals surface area (Å²) in [6.45, 7) is 11.8. The summed E-state index contributed by atoms with van der Waals surface area (Å²) in [5.74, 6) is 2.82. The summed E-state index contributed by atoms with van der Waals surface area (Å²) >= 11 is 0. The minimum atomic E-state index is 0.878. The van der Waals surface area contributed by atoms with Crippen molar-refractivity contribution < 1.29 is 0 Å².